The Balaban J connectivity index is 2.15. The number of esters is 1. The number of hydrogen-bond acceptors (Lipinski definition) is 5. The molecule has 0 fully saturated rings. The number of ether oxygens (including phenoxy) is 2. The van der Waals surface area contributed by atoms with Crippen molar-refractivity contribution in [1.29, 1.82) is 0 Å². The number of pyridine rings is 1. The lowest BCUT2D eigenvalue weighted by atomic mass is 10.2. The van der Waals surface area contributed by atoms with Gasteiger partial charge in [0.15, 0.2) is 6.10 Å². The predicted octanol–water partition coefficient (Wildman–Crippen LogP) is 3.14. The Morgan fingerprint density at radius 3 is 2.79 bits per heavy atom. The quantitative estimate of drug-likeness (QED) is 0.788. The minimum absolute atomic E-state index is 0.352. The third-order valence-electron chi connectivity index (χ3n) is 2.49. The lowest BCUT2D eigenvalue weighted by molar-refractivity contribution is -0.150. The Labute approximate surface area is 116 Å². The maximum Gasteiger partial charge on any atom is 0.347 e. The van der Waals surface area contributed by atoms with E-state index in [9.17, 15) is 4.79 Å². The number of nitrogens with zero attached hydrogens (tertiary/aromatic N) is 1. The van der Waals surface area contributed by atoms with Crippen LogP contribution in [0.3, 0.4) is 0 Å². The van der Waals surface area contributed by atoms with Crippen LogP contribution in [-0.4, -0.2) is 23.7 Å². The molecule has 0 N–H and O–H groups in total. The van der Waals surface area contributed by atoms with E-state index < -0.39 is 6.10 Å². The van der Waals surface area contributed by atoms with Crippen LogP contribution in [0.5, 0.6) is 5.75 Å². The first-order valence-electron chi connectivity index (χ1n) is 6.03. The molecule has 4 nitrogen and oxygen atoms in total. The maximum absolute atomic E-state index is 11.6. The summed E-state index contributed by atoms with van der Waals surface area (Å²) in [4.78, 5) is 16.5. The van der Waals surface area contributed by atoms with E-state index in [1.54, 1.807) is 37.6 Å². The molecule has 1 unspecified atom stereocenters. The molecule has 2 rings (SSSR count). The Bertz CT molecular complexity index is 539. The predicted molar refractivity (Wildman–Crippen MR) is 74.3 cm³/mol. The summed E-state index contributed by atoms with van der Waals surface area (Å²) in [6.45, 7) is 3.82. The summed E-state index contributed by atoms with van der Waals surface area (Å²) in [5.41, 5.74) is 1.02. The average Bonchev–Trinajstić information content (AvgIpc) is 2.88. The highest BCUT2D eigenvalue weighted by Crippen LogP contribution is 2.35. The average molecular weight is 277 g/mol. The van der Waals surface area contributed by atoms with Crippen molar-refractivity contribution >= 4 is 17.3 Å². The fraction of sp³-hybridized carbons (Fsp3) is 0.286. The van der Waals surface area contributed by atoms with Crippen LogP contribution in [-0.2, 0) is 9.53 Å². The van der Waals surface area contributed by atoms with Crippen molar-refractivity contribution in [3.8, 4) is 16.2 Å². The monoisotopic (exact) mass is 277 g/mol. The third kappa shape index (κ3) is 3.32. The molecule has 19 heavy (non-hydrogen) atoms. The molecule has 0 spiro atoms. The molecular weight excluding hydrogens is 262 g/mol. The first kappa shape index (κ1) is 13.5. The minimum Gasteiger partial charge on any atom is -0.477 e. The molecule has 2 heterocycles. The number of rotatable bonds is 5. The summed E-state index contributed by atoms with van der Waals surface area (Å²) < 4.78 is 10.6. The van der Waals surface area contributed by atoms with Crippen LogP contribution in [0, 0.1) is 0 Å². The van der Waals surface area contributed by atoms with Gasteiger partial charge in [0.1, 0.15) is 5.75 Å². The van der Waals surface area contributed by atoms with Gasteiger partial charge in [-0.05, 0) is 43.0 Å². The Morgan fingerprint density at radius 2 is 2.11 bits per heavy atom. The van der Waals surface area contributed by atoms with Gasteiger partial charge in [0.05, 0.1) is 11.5 Å². The molecule has 0 aliphatic carbocycles. The molecule has 0 aliphatic heterocycles. The highest BCUT2D eigenvalue weighted by molar-refractivity contribution is 7.14. The first-order chi connectivity index (χ1) is 9.22. The number of carbonyl (C=O) groups excluding carboxylic acids is 1. The van der Waals surface area contributed by atoms with Gasteiger partial charge in [0, 0.05) is 12.4 Å². The van der Waals surface area contributed by atoms with Crippen molar-refractivity contribution in [3.63, 3.8) is 0 Å². The van der Waals surface area contributed by atoms with Crippen molar-refractivity contribution in [2.75, 3.05) is 6.61 Å². The first-order valence-corrected chi connectivity index (χ1v) is 6.91. The number of carbonyl (C=O) groups is 1. The van der Waals surface area contributed by atoms with Crippen molar-refractivity contribution in [2.45, 2.75) is 20.0 Å². The fourth-order valence-electron chi connectivity index (χ4n) is 1.60. The highest BCUT2D eigenvalue weighted by Gasteiger charge is 2.18. The number of aromatic nitrogens is 1. The van der Waals surface area contributed by atoms with Gasteiger partial charge in [-0.2, -0.15) is 0 Å². The van der Waals surface area contributed by atoms with Crippen LogP contribution in [0.25, 0.3) is 10.4 Å². The van der Waals surface area contributed by atoms with Crippen LogP contribution in [0.2, 0.25) is 0 Å². The molecule has 2 aromatic rings. The zero-order valence-corrected chi connectivity index (χ0v) is 11.6. The van der Waals surface area contributed by atoms with Gasteiger partial charge >= 0.3 is 5.97 Å². The Kier molecular flexibility index (Phi) is 4.52. The Morgan fingerprint density at radius 1 is 1.37 bits per heavy atom. The van der Waals surface area contributed by atoms with E-state index in [1.165, 1.54) is 0 Å². The summed E-state index contributed by atoms with van der Waals surface area (Å²) in [7, 11) is 0. The molecule has 1 atom stereocenters. The van der Waals surface area contributed by atoms with Gasteiger partial charge in [-0.15, -0.1) is 11.3 Å². The normalized spacial score (nSPS) is 11.9. The van der Waals surface area contributed by atoms with E-state index in [1.807, 2.05) is 23.6 Å². The topological polar surface area (TPSA) is 48.4 Å². The summed E-state index contributed by atoms with van der Waals surface area (Å²) in [6.07, 6.45) is 2.84. The van der Waals surface area contributed by atoms with Gasteiger partial charge < -0.3 is 9.47 Å². The van der Waals surface area contributed by atoms with E-state index >= 15 is 0 Å². The molecule has 0 amide bonds. The number of hydrogen-bond donors (Lipinski definition) is 0. The van der Waals surface area contributed by atoms with Crippen molar-refractivity contribution in [2.24, 2.45) is 0 Å². The van der Waals surface area contributed by atoms with Crippen LogP contribution < -0.4 is 4.74 Å². The standard InChI is InChI=1S/C14H15NO3S/c1-3-17-14(16)10(2)18-12-6-9-19-13(12)11-4-7-15-8-5-11/h4-10H,3H2,1-2H3. The number of thiophene rings is 1. The SMILES string of the molecule is CCOC(=O)C(C)Oc1ccsc1-c1ccncc1. The van der Waals surface area contributed by atoms with Crippen LogP contribution >= 0.6 is 11.3 Å². The van der Waals surface area contributed by atoms with Crippen molar-refractivity contribution in [1.82, 2.24) is 4.98 Å². The molecule has 0 bridgehead atoms. The van der Waals surface area contributed by atoms with Gasteiger partial charge in [0.25, 0.3) is 0 Å². The second kappa shape index (κ2) is 6.33. The zero-order chi connectivity index (χ0) is 13.7. The minimum atomic E-state index is -0.616. The van der Waals surface area contributed by atoms with E-state index in [0.717, 1.165) is 10.4 Å². The largest absolute Gasteiger partial charge is 0.477 e. The lowest BCUT2D eigenvalue weighted by Gasteiger charge is -2.13. The molecule has 0 aromatic carbocycles. The molecule has 0 aliphatic rings. The second-order valence-electron chi connectivity index (χ2n) is 3.86. The third-order valence-corrected chi connectivity index (χ3v) is 3.44. The second-order valence-corrected chi connectivity index (χ2v) is 4.78. The van der Waals surface area contributed by atoms with Gasteiger partial charge in [-0.25, -0.2) is 4.79 Å². The van der Waals surface area contributed by atoms with Gasteiger partial charge in [0.2, 0.25) is 0 Å². The Hall–Kier alpha value is -1.88. The summed E-state index contributed by atoms with van der Waals surface area (Å²) in [6, 6.07) is 5.68. The molecular formula is C14H15NO3S. The summed E-state index contributed by atoms with van der Waals surface area (Å²) >= 11 is 1.56. The van der Waals surface area contributed by atoms with E-state index in [-0.39, 0.29) is 5.97 Å². The van der Waals surface area contributed by atoms with Gasteiger partial charge in [-0.1, -0.05) is 0 Å². The van der Waals surface area contributed by atoms with Crippen molar-refractivity contribution < 1.29 is 14.3 Å². The highest BCUT2D eigenvalue weighted by atomic mass is 32.1. The molecule has 2 aromatic heterocycles. The molecule has 5 heteroatoms. The van der Waals surface area contributed by atoms with Crippen LogP contribution in [0.4, 0.5) is 0 Å². The molecule has 0 radical (unpaired) electrons. The van der Waals surface area contributed by atoms with Crippen molar-refractivity contribution in [3.05, 3.63) is 36.0 Å². The smallest absolute Gasteiger partial charge is 0.347 e. The molecule has 0 saturated carbocycles. The lowest BCUT2D eigenvalue weighted by Crippen LogP contribution is -2.26. The van der Waals surface area contributed by atoms with E-state index in [2.05, 4.69) is 4.98 Å². The molecule has 100 valence electrons. The fourth-order valence-corrected chi connectivity index (χ4v) is 2.43. The summed E-state index contributed by atoms with van der Waals surface area (Å²) in [5, 5.41) is 1.93. The maximum atomic E-state index is 11.6. The van der Waals surface area contributed by atoms with Gasteiger partial charge in [-0.3, -0.25) is 4.98 Å². The van der Waals surface area contributed by atoms with E-state index in [0.29, 0.717) is 12.4 Å². The van der Waals surface area contributed by atoms with E-state index in [4.69, 9.17) is 9.47 Å². The molecule has 0 saturated heterocycles. The summed E-state index contributed by atoms with van der Waals surface area (Å²) in [5.74, 6) is 0.339. The van der Waals surface area contributed by atoms with Crippen LogP contribution in [0.15, 0.2) is 36.0 Å². The zero-order valence-electron chi connectivity index (χ0n) is 10.8. The van der Waals surface area contributed by atoms with Crippen LogP contribution in [0.1, 0.15) is 13.8 Å².